The van der Waals surface area contributed by atoms with Gasteiger partial charge in [-0.1, -0.05) is 18.1 Å². The minimum absolute atomic E-state index is 0.0234. The van der Waals surface area contributed by atoms with Crippen LogP contribution in [0.15, 0.2) is 57.9 Å². The number of aromatic nitrogens is 1. The van der Waals surface area contributed by atoms with Crippen LogP contribution in [0, 0.1) is 18.6 Å². The lowest BCUT2D eigenvalue weighted by Gasteiger charge is -2.15. The summed E-state index contributed by atoms with van der Waals surface area (Å²) in [5.41, 5.74) is -0.0613. The summed E-state index contributed by atoms with van der Waals surface area (Å²) in [6, 6.07) is 8.91. The van der Waals surface area contributed by atoms with Gasteiger partial charge < -0.3 is 14.6 Å². The number of esters is 1. The fourth-order valence-electron chi connectivity index (χ4n) is 2.72. The molecule has 3 rings (SSSR count). The molecule has 0 spiro atoms. The summed E-state index contributed by atoms with van der Waals surface area (Å²) in [6.07, 6.45) is -0.978. The van der Waals surface area contributed by atoms with Gasteiger partial charge >= 0.3 is 5.97 Å². The van der Waals surface area contributed by atoms with Gasteiger partial charge in [0, 0.05) is 11.8 Å². The van der Waals surface area contributed by atoms with E-state index < -0.39 is 44.5 Å². The molecule has 12 heteroatoms. The number of carbonyl (C=O) groups excluding carboxylic acids is 2. The quantitative estimate of drug-likeness (QED) is 0.472. The lowest BCUT2D eigenvalue weighted by molar-refractivity contribution is -0.124. The molecule has 9 nitrogen and oxygen atoms in total. The number of sulfonamides is 1. The molecule has 1 unspecified atom stereocenters. The number of anilines is 2. The van der Waals surface area contributed by atoms with E-state index in [-0.39, 0.29) is 23.5 Å². The van der Waals surface area contributed by atoms with Gasteiger partial charge in [-0.15, -0.1) is 0 Å². The molecule has 0 aliphatic heterocycles. The van der Waals surface area contributed by atoms with Crippen molar-refractivity contribution in [2.75, 3.05) is 10.0 Å². The fourth-order valence-corrected chi connectivity index (χ4v) is 3.78. The second-order valence-corrected chi connectivity index (χ2v) is 8.56. The molecule has 0 fully saturated rings. The number of nitrogens with zero attached hydrogens (tertiary/aromatic N) is 1. The van der Waals surface area contributed by atoms with Crippen LogP contribution in [0.1, 0.15) is 29.5 Å². The van der Waals surface area contributed by atoms with Crippen molar-refractivity contribution in [3.05, 3.63) is 71.5 Å². The van der Waals surface area contributed by atoms with Gasteiger partial charge in [0.05, 0.1) is 10.5 Å². The third-order valence-electron chi connectivity index (χ3n) is 4.34. The Kier molecular flexibility index (Phi) is 7.07. The van der Waals surface area contributed by atoms with E-state index in [2.05, 4.69) is 15.2 Å². The summed E-state index contributed by atoms with van der Waals surface area (Å²) in [7, 11) is -4.26. The van der Waals surface area contributed by atoms with Crippen molar-refractivity contribution in [2.45, 2.75) is 31.3 Å². The van der Waals surface area contributed by atoms with Crippen molar-refractivity contribution in [1.29, 1.82) is 0 Å². The number of aryl methyl sites for hydroxylation is 1. The number of ether oxygens (including phenoxy) is 1. The van der Waals surface area contributed by atoms with Gasteiger partial charge in [0.1, 0.15) is 5.76 Å². The third kappa shape index (κ3) is 5.92. The molecular formula is C21H19F2N3O6S. The average Bonchev–Trinajstić information content (AvgIpc) is 3.17. The summed E-state index contributed by atoms with van der Waals surface area (Å²) < 4.78 is 63.7. The van der Waals surface area contributed by atoms with Crippen LogP contribution in [-0.4, -0.2) is 31.6 Å². The van der Waals surface area contributed by atoms with Crippen LogP contribution < -0.4 is 10.0 Å². The summed E-state index contributed by atoms with van der Waals surface area (Å²) in [5.74, 6) is -3.35. The lowest BCUT2D eigenvalue weighted by atomic mass is 10.2. The average molecular weight is 479 g/mol. The van der Waals surface area contributed by atoms with Gasteiger partial charge in [0.2, 0.25) is 0 Å². The Labute approximate surface area is 187 Å². The van der Waals surface area contributed by atoms with Crippen molar-refractivity contribution in [3.8, 4) is 0 Å². The summed E-state index contributed by atoms with van der Waals surface area (Å²) in [5, 5.41) is 6.10. The maximum absolute atomic E-state index is 13.4. The third-order valence-corrected chi connectivity index (χ3v) is 5.72. The standard InChI is InChI=1S/C21H19F2N3O6S/c1-3-18(20(27)24-19-9-12(2)32-25-19)31-21(28)13-5-4-6-14(10-13)26-33(29,30)15-7-8-16(22)17(23)11-15/h4-11,18,26H,3H2,1-2H3,(H,24,25,27). The van der Waals surface area contributed by atoms with Gasteiger partial charge in [-0.2, -0.15) is 0 Å². The molecule has 1 aromatic heterocycles. The molecule has 0 aliphatic carbocycles. The van der Waals surface area contributed by atoms with Gasteiger partial charge in [-0.3, -0.25) is 9.52 Å². The van der Waals surface area contributed by atoms with Crippen molar-refractivity contribution in [3.63, 3.8) is 0 Å². The van der Waals surface area contributed by atoms with E-state index in [1.165, 1.54) is 30.3 Å². The molecule has 0 radical (unpaired) electrons. The number of rotatable bonds is 8. The zero-order chi connectivity index (χ0) is 24.2. The van der Waals surface area contributed by atoms with Crippen LogP contribution in [0.4, 0.5) is 20.3 Å². The minimum Gasteiger partial charge on any atom is -0.449 e. The molecule has 2 N–H and O–H groups in total. The number of nitrogens with one attached hydrogen (secondary N) is 2. The Bertz CT molecular complexity index is 1290. The predicted octanol–water partition coefficient (Wildman–Crippen LogP) is 3.64. The number of hydrogen-bond acceptors (Lipinski definition) is 7. The topological polar surface area (TPSA) is 128 Å². The van der Waals surface area contributed by atoms with Crippen molar-refractivity contribution < 1.29 is 36.0 Å². The largest absolute Gasteiger partial charge is 0.449 e. The Morgan fingerprint density at radius 2 is 1.88 bits per heavy atom. The SMILES string of the molecule is CCC(OC(=O)c1cccc(NS(=O)(=O)c2ccc(F)c(F)c2)c1)C(=O)Nc1cc(C)on1. The van der Waals surface area contributed by atoms with E-state index in [1.54, 1.807) is 13.8 Å². The smallest absolute Gasteiger partial charge is 0.338 e. The van der Waals surface area contributed by atoms with Crippen LogP contribution >= 0.6 is 0 Å². The Morgan fingerprint density at radius 3 is 2.52 bits per heavy atom. The molecule has 1 heterocycles. The van der Waals surface area contributed by atoms with E-state index in [1.807, 2.05) is 0 Å². The first-order valence-electron chi connectivity index (χ1n) is 9.62. The second kappa shape index (κ2) is 9.77. The first-order chi connectivity index (χ1) is 15.6. The monoisotopic (exact) mass is 479 g/mol. The fraction of sp³-hybridized carbons (Fsp3) is 0.190. The number of amides is 1. The molecule has 2 aromatic carbocycles. The molecule has 0 bridgehead atoms. The highest BCUT2D eigenvalue weighted by Crippen LogP contribution is 2.20. The van der Waals surface area contributed by atoms with Gasteiger partial charge in [0.15, 0.2) is 23.6 Å². The highest BCUT2D eigenvalue weighted by molar-refractivity contribution is 7.92. The van der Waals surface area contributed by atoms with Crippen molar-refractivity contribution >= 4 is 33.4 Å². The van der Waals surface area contributed by atoms with E-state index >= 15 is 0 Å². The highest BCUT2D eigenvalue weighted by Gasteiger charge is 2.24. The predicted molar refractivity (Wildman–Crippen MR) is 113 cm³/mol. The summed E-state index contributed by atoms with van der Waals surface area (Å²) in [6.45, 7) is 3.28. The van der Waals surface area contributed by atoms with Crippen LogP contribution in [-0.2, 0) is 19.6 Å². The van der Waals surface area contributed by atoms with Crippen LogP contribution in [0.2, 0.25) is 0 Å². The van der Waals surface area contributed by atoms with Gasteiger partial charge in [0.25, 0.3) is 15.9 Å². The molecule has 1 atom stereocenters. The Hall–Kier alpha value is -3.80. The van der Waals surface area contributed by atoms with Crippen molar-refractivity contribution in [2.24, 2.45) is 0 Å². The summed E-state index contributed by atoms with van der Waals surface area (Å²) in [4.78, 5) is 24.4. The number of carbonyl (C=O) groups is 2. The maximum atomic E-state index is 13.4. The molecule has 0 saturated heterocycles. The Balaban J connectivity index is 1.71. The van der Waals surface area contributed by atoms with E-state index in [0.717, 1.165) is 6.07 Å². The molecule has 0 aliphatic rings. The zero-order valence-electron chi connectivity index (χ0n) is 17.5. The van der Waals surface area contributed by atoms with E-state index in [0.29, 0.717) is 17.9 Å². The van der Waals surface area contributed by atoms with Gasteiger partial charge in [-0.05, 0) is 49.7 Å². The summed E-state index contributed by atoms with van der Waals surface area (Å²) >= 11 is 0. The Morgan fingerprint density at radius 1 is 1.12 bits per heavy atom. The zero-order valence-corrected chi connectivity index (χ0v) is 18.3. The molecule has 3 aromatic rings. The number of halogens is 2. The highest BCUT2D eigenvalue weighted by atomic mass is 32.2. The first kappa shape index (κ1) is 23.9. The second-order valence-electron chi connectivity index (χ2n) is 6.88. The van der Waals surface area contributed by atoms with Crippen LogP contribution in [0.3, 0.4) is 0 Å². The van der Waals surface area contributed by atoms with E-state index in [9.17, 15) is 26.8 Å². The lowest BCUT2D eigenvalue weighted by Crippen LogP contribution is -2.32. The molecule has 1 amide bonds. The molecule has 0 saturated carbocycles. The van der Waals surface area contributed by atoms with Crippen molar-refractivity contribution in [1.82, 2.24) is 5.16 Å². The van der Waals surface area contributed by atoms with E-state index in [4.69, 9.17) is 9.26 Å². The van der Waals surface area contributed by atoms with Crippen LogP contribution in [0.25, 0.3) is 0 Å². The molecule has 33 heavy (non-hydrogen) atoms. The molecule has 174 valence electrons. The normalized spacial score (nSPS) is 12.1. The van der Waals surface area contributed by atoms with Crippen LogP contribution in [0.5, 0.6) is 0 Å². The first-order valence-corrected chi connectivity index (χ1v) is 11.1. The number of benzene rings is 2. The molecular weight excluding hydrogens is 460 g/mol. The number of hydrogen-bond donors (Lipinski definition) is 2. The minimum atomic E-state index is -4.26. The maximum Gasteiger partial charge on any atom is 0.338 e. The van der Waals surface area contributed by atoms with Gasteiger partial charge in [-0.25, -0.2) is 22.0 Å².